The smallest absolute Gasteiger partial charge is 0.141 e. The van der Waals surface area contributed by atoms with E-state index in [0.717, 1.165) is 5.56 Å². The lowest BCUT2D eigenvalue weighted by atomic mass is 10.1. The Balaban J connectivity index is 2.45. The minimum Gasteiger partial charge on any atom is -0.496 e. The van der Waals surface area contributed by atoms with Crippen LogP contribution in [0.3, 0.4) is 0 Å². The summed E-state index contributed by atoms with van der Waals surface area (Å²) in [5, 5.41) is 7.64. The third kappa shape index (κ3) is 3.25. The van der Waals surface area contributed by atoms with Crippen molar-refractivity contribution < 1.29 is 14.2 Å². The minimum absolute atomic E-state index is 0.0384. The first-order valence-electron chi connectivity index (χ1n) is 6.40. The van der Waals surface area contributed by atoms with Crippen LogP contribution in [0.4, 0.5) is 0 Å². The van der Waals surface area contributed by atoms with Gasteiger partial charge in [-0.15, -0.1) is 0 Å². The van der Waals surface area contributed by atoms with Crippen molar-refractivity contribution in [2.45, 2.75) is 6.92 Å². The molecule has 0 atom stereocenters. The zero-order chi connectivity index (χ0) is 15.4. The van der Waals surface area contributed by atoms with Gasteiger partial charge in [0, 0.05) is 18.2 Å². The number of nitrogens with one attached hydrogen (secondary N) is 1. The van der Waals surface area contributed by atoms with Crippen LogP contribution in [0.1, 0.15) is 11.1 Å². The molecule has 0 aliphatic heterocycles. The van der Waals surface area contributed by atoms with Crippen LogP contribution in [0.5, 0.6) is 23.0 Å². The van der Waals surface area contributed by atoms with Gasteiger partial charge in [0.25, 0.3) is 0 Å². The van der Waals surface area contributed by atoms with Gasteiger partial charge < -0.3 is 19.9 Å². The van der Waals surface area contributed by atoms with E-state index in [1.165, 1.54) is 0 Å². The van der Waals surface area contributed by atoms with E-state index >= 15 is 0 Å². The Kier molecular flexibility index (Phi) is 4.33. The highest BCUT2D eigenvalue weighted by molar-refractivity contribution is 5.98. The normalized spacial score (nSPS) is 10.0. The molecule has 0 fully saturated rings. The lowest BCUT2D eigenvalue weighted by Gasteiger charge is -2.14. The summed E-state index contributed by atoms with van der Waals surface area (Å²) in [6.45, 7) is 1.90. The predicted molar refractivity (Wildman–Crippen MR) is 81.8 cm³/mol. The fourth-order valence-corrected chi connectivity index (χ4v) is 1.96. The number of aryl methyl sites for hydroxylation is 1. The number of ether oxygens (including phenoxy) is 3. The largest absolute Gasteiger partial charge is 0.496 e. The molecule has 0 bridgehead atoms. The predicted octanol–water partition coefficient (Wildman–Crippen LogP) is 3.09. The standard InChI is InChI=1S/C16H18N2O3/c1-10-5-4-6-14(16(17)18)15(10)21-13-8-11(19-2)7-12(9-13)20-3/h4-9H,1-3H3,(H3,17,18). The topological polar surface area (TPSA) is 77.6 Å². The lowest BCUT2D eigenvalue weighted by Crippen LogP contribution is -2.12. The van der Waals surface area contributed by atoms with Crippen LogP contribution >= 0.6 is 0 Å². The highest BCUT2D eigenvalue weighted by Crippen LogP contribution is 2.33. The molecule has 3 N–H and O–H groups in total. The molecule has 5 nitrogen and oxygen atoms in total. The van der Waals surface area contributed by atoms with Gasteiger partial charge in [-0.25, -0.2) is 0 Å². The average Bonchev–Trinajstić information content (AvgIpc) is 2.48. The van der Waals surface area contributed by atoms with Gasteiger partial charge in [-0.3, -0.25) is 5.41 Å². The number of hydrogen-bond acceptors (Lipinski definition) is 4. The van der Waals surface area contributed by atoms with Gasteiger partial charge in [0.15, 0.2) is 0 Å². The van der Waals surface area contributed by atoms with Crippen molar-refractivity contribution in [1.29, 1.82) is 5.41 Å². The first-order chi connectivity index (χ1) is 10.0. The van der Waals surface area contributed by atoms with Crippen molar-refractivity contribution in [3.8, 4) is 23.0 Å². The van der Waals surface area contributed by atoms with E-state index < -0.39 is 0 Å². The Morgan fingerprint density at radius 1 is 1.00 bits per heavy atom. The van der Waals surface area contributed by atoms with Gasteiger partial charge in [-0.2, -0.15) is 0 Å². The average molecular weight is 286 g/mol. The number of nitrogen functional groups attached to an aromatic ring is 1. The van der Waals surface area contributed by atoms with Crippen LogP contribution < -0.4 is 19.9 Å². The maximum Gasteiger partial charge on any atom is 0.141 e. The third-order valence-electron chi connectivity index (χ3n) is 3.05. The van der Waals surface area contributed by atoms with Crippen LogP contribution in [0.2, 0.25) is 0 Å². The molecular weight excluding hydrogens is 268 g/mol. The van der Waals surface area contributed by atoms with Crippen LogP contribution in [0.15, 0.2) is 36.4 Å². The zero-order valence-corrected chi connectivity index (χ0v) is 12.3. The molecule has 0 aromatic heterocycles. The monoisotopic (exact) mass is 286 g/mol. The van der Waals surface area contributed by atoms with Gasteiger partial charge in [-0.1, -0.05) is 12.1 Å². The van der Waals surface area contributed by atoms with E-state index in [1.807, 2.05) is 19.1 Å². The maximum absolute atomic E-state index is 7.64. The molecule has 0 amide bonds. The van der Waals surface area contributed by atoms with Gasteiger partial charge >= 0.3 is 0 Å². The molecule has 0 heterocycles. The number of para-hydroxylation sites is 1. The summed E-state index contributed by atoms with van der Waals surface area (Å²) in [5.41, 5.74) is 7.05. The molecule has 5 heteroatoms. The number of hydrogen-bond donors (Lipinski definition) is 2. The van der Waals surface area contributed by atoms with Crippen molar-refractivity contribution in [2.75, 3.05) is 14.2 Å². The van der Waals surface area contributed by atoms with E-state index in [0.29, 0.717) is 28.6 Å². The van der Waals surface area contributed by atoms with E-state index in [-0.39, 0.29) is 5.84 Å². The van der Waals surface area contributed by atoms with Crippen molar-refractivity contribution in [3.63, 3.8) is 0 Å². The molecule has 21 heavy (non-hydrogen) atoms. The Bertz CT molecular complexity index is 646. The summed E-state index contributed by atoms with van der Waals surface area (Å²) in [7, 11) is 3.15. The first kappa shape index (κ1) is 14.7. The fourth-order valence-electron chi connectivity index (χ4n) is 1.96. The number of benzene rings is 2. The second-order valence-electron chi connectivity index (χ2n) is 4.52. The van der Waals surface area contributed by atoms with Crippen molar-refractivity contribution >= 4 is 5.84 Å². The minimum atomic E-state index is -0.0384. The highest BCUT2D eigenvalue weighted by Gasteiger charge is 2.12. The molecule has 2 aromatic carbocycles. The van der Waals surface area contributed by atoms with E-state index in [2.05, 4.69) is 0 Å². The second-order valence-corrected chi connectivity index (χ2v) is 4.52. The lowest BCUT2D eigenvalue weighted by molar-refractivity contribution is 0.386. The molecule has 0 saturated carbocycles. The molecule has 0 unspecified atom stereocenters. The molecule has 2 rings (SSSR count). The SMILES string of the molecule is COc1cc(OC)cc(Oc2c(C)cccc2C(=N)N)c1. The van der Waals surface area contributed by atoms with Gasteiger partial charge in [-0.05, 0) is 18.6 Å². The molecule has 110 valence electrons. The van der Waals surface area contributed by atoms with Crippen LogP contribution in [0, 0.1) is 12.3 Å². The molecule has 0 saturated heterocycles. The van der Waals surface area contributed by atoms with E-state index in [9.17, 15) is 0 Å². The number of nitrogens with two attached hydrogens (primary N) is 1. The molecule has 0 aliphatic carbocycles. The number of methoxy groups -OCH3 is 2. The van der Waals surface area contributed by atoms with E-state index in [4.69, 9.17) is 25.4 Å². The first-order valence-corrected chi connectivity index (χ1v) is 6.40. The van der Waals surface area contributed by atoms with E-state index in [1.54, 1.807) is 38.5 Å². The molecule has 0 spiro atoms. The zero-order valence-electron chi connectivity index (χ0n) is 12.3. The summed E-state index contributed by atoms with van der Waals surface area (Å²) in [5.74, 6) is 2.33. The van der Waals surface area contributed by atoms with Crippen molar-refractivity contribution in [1.82, 2.24) is 0 Å². The van der Waals surface area contributed by atoms with Crippen LogP contribution in [-0.4, -0.2) is 20.1 Å². The fraction of sp³-hybridized carbons (Fsp3) is 0.188. The van der Waals surface area contributed by atoms with Gasteiger partial charge in [0.1, 0.15) is 28.8 Å². The van der Waals surface area contributed by atoms with Crippen LogP contribution in [-0.2, 0) is 0 Å². The Labute approximate surface area is 123 Å². The molecule has 0 radical (unpaired) electrons. The molecule has 0 aliphatic rings. The maximum atomic E-state index is 7.64. The summed E-state index contributed by atoms with van der Waals surface area (Å²) in [6, 6.07) is 10.8. The highest BCUT2D eigenvalue weighted by atomic mass is 16.5. The van der Waals surface area contributed by atoms with Gasteiger partial charge in [0.05, 0.1) is 19.8 Å². The quantitative estimate of drug-likeness (QED) is 0.654. The molecular formula is C16H18N2O3. The van der Waals surface area contributed by atoms with Crippen LogP contribution in [0.25, 0.3) is 0 Å². The van der Waals surface area contributed by atoms with Crippen molar-refractivity contribution in [3.05, 3.63) is 47.5 Å². The summed E-state index contributed by atoms with van der Waals surface area (Å²) in [6.07, 6.45) is 0. The Hall–Kier alpha value is -2.69. The number of amidine groups is 1. The summed E-state index contributed by atoms with van der Waals surface area (Å²) in [4.78, 5) is 0. The van der Waals surface area contributed by atoms with Gasteiger partial charge in [0.2, 0.25) is 0 Å². The summed E-state index contributed by atoms with van der Waals surface area (Å²) >= 11 is 0. The Morgan fingerprint density at radius 3 is 2.10 bits per heavy atom. The van der Waals surface area contributed by atoms with Crippen molar-refractivity contribution in [2.24, 2.45) is 5.73 Å². The molecule has 2 aromatic rings. The third-order valence-corrected chi connectivity index (χ3v) is 3.05. The number of rotatable bonds is 5. The summed E-state index contributed by atoms with van der Waals surface area (Å²) < 4.78 is 16.3. The second kappa shape index (κ2) is 6.17. The Morgan fingerprint density at radius 2 is 1.57 bits per heavy atom.